The summed E-state index contributed by atoms with van der Waals surface area (Å²) in [6.07, 6.45) is 26.5. The normalized spacial score (nSPS) is 15.6. The second-order valence-corrected chi connectivity index (χ2v) is 13.6. The Balaban J connectivity index is 1.55. The first-order chi connectivity index (χ1) is 21.5. The third kappa shape index (κ3) is 20.5. The zero-order valence-corrected chi connectivity index (χ0v) is 28.5. The van der Waals surface area contributed by atoms with Crippen molar-refractivity contribution < 1.29 is 37.3 Å². The van der Waals surface area contributed by atoms with Crippen LogP contribution in [0.2, 0.25) is 0 Å². The first kappa shape index (κ1) is 38.7. The highest BCUT2D eigenvalue weighted by molar-refractivity contribution is 7.47. The predicted molar refractivity (Wildman–Crippen MR) is 174 cm³/mol. The molecular formula is C34H62N2O7P+. The number of hydrogen-bond acceptors (Lipinski definition) is 6. The smallest absolute Gasteiger partial charge is 0.441 e. The molecule has 0 aromatic carbocycles. The zero-order chi connectivity index (χ0) is 31.6. The van der Waals surface area contributed by atoms with Crippen molar-refractivity contribution >= 4 is 13.9 Å². The van der Waals surface area contributed by atoms with Crippen LogP contribution in [0.1, 0.15) is 129 Å². The molecule has 1 aromatic rings. The summed E-state index contributed by atoms with van der Waals surface area (Å²) < 4.78 is 36.1. The van der Waals surface area contributed by atoms with E-state index in [1.54, 1.807) is 4.90 Å². The van der Waals surface area contributed by atoms with Gasteiger partial charge >= 0.3 is 13.9 Å². The molecule has 2 heterocycles. The molecule has 1 saturated heterocycles. The Hall–Kier alpha value is -1.51. The summed E-state index contributed by atoms with van der Waals surface area (Å²) >= 11 is 0. The Morgan fingerprint density at radius 1 is 0.750 bits per heavy atom. The number of hydrogen-bond donors (Lipinski definition) is 1. The van der Waals surface area contributed by atoms with Crippen LogP contribution in [0.3, 0.4) is 0 Å². The summed E-state index contributed by atoms with van der Waals surface area (Å²) in [5.74, 6) is 0. The largest absolute Gasteiger partial charge is 0.472 e. The van der Waals surface area contributed by atoms with E-state index < -0.39 is 20.0 Å². The van der Waals surface area contributed by atoms with Gasteiger partial charge in [0.15, 0.2) is 25.0 Å². The van der Waals surface area contributed by atoms with Gasteiger partial charge in [0.25, 0.3) is 0 Å². The maximum Gasteiger partial charge on any atom is 0.472 e. The number of ether oxygens (including phenoxy) is 2. The third-order valence-electron chi connectivity index (χ3n) is 8.13. The lowest BCUT2D eigenvalue weighted by atomic mass is 10.0. The standard InChI is InChI=1S/C34H61N2O7P/c1-2-3-4-5-6-7-8-9-10-11-12-13-14-15-16-23-29-40-31-33(43-34(37)36-26-21-18-22-27-36)32-42-44(38,39)41-30-28-35-24-19-17-20-25-35/h17,19-20,24-25,33H,2-16,18,21-23,26-32H2,1H3/p+1. The molecule has 2 unspecified atom stereocenters. The minimum absolute atomic E-state index is 0.0104. The topological polar surface area (TPSA) is 98.4 Å². The minimum Gasteiger partial charge on any atom is -0.441 e. The number of amides is 1. The number of phosphoric ester groups is 1. The molecule has 1 aliphatic rings. The van der Waals surface area contributed by atoms with Crippen LogP contribution in [0.15, 0.2) is 30.6 Å². The maximum absolute atomic E-state index is 12.7. The van der Waals surface area contributed by atoms with Crippen molar-refractivity contribution in [2.75, 3.05) is 39.5 Å². The molecule has 1 N–H and O–H groups in total. The lowest BCUT2D eigenvalue weighted by Gasteiger charge is -2.28. The van der Waals surface area contributed by atoms with Crippen molar-refractivity contribution in [2.45, 2.75) is 142 Å². The van der Waals surface area contributed by atoms with E-state index in [0.717, 1.165) is 32.1 Å². The van der Waals surface area contributed by atoms with Gasteiger partial charge < -0.3 is 19.3 Å². The first-order valence-electron chi connectivity index (χ1n) is 17.6. The van der Waals surface area contributed by atoms with E-state index in [9.17, 15) is 14.3 Å². The molecule has 1 fully saturated rings. The Morgan fingerprint density at radius 3 is 1.86 bits per heavy atom. The van der Waals surface area contributed by atoms with E-state index in [1.807, 2.05) is 35.2 Å². The van der Waals surface area contributed by atoms with Crippen molar-refractivity contribution in [1.82, 2.24) is 4.90 Å². The fourth-order valence-corrected chi connectivity index (χ4v) is 6.18. The molecule has 2 rings (SSSR count). The second kappa shape index (κ2) is 25.7. The molecule has 44 heavy (non-hydrogen) atoms. The van der Waals surface area contributed by atoms with Gasteiger partial charge in [0.1, 0.15) is 6.61 Å². The van der Waals surface area contributed by atoms with Gasteiger partial charge in [-0.1, -0.05) is 109 Å². The number of aromatic nitrogens is 1. The SMILES string of the molecule is CCCCCCCCCCCCCCCCCCOCC(COP(=O)(O)OCC[n+]1ccccc1)OC(=O)N1CCCCC1. The van der Waals surface area contributed by atoms with Crippen LogP contribution in [-0.4, -0.2) is 61.5 Å². The number of likely N-dealkylation sites (tertiary alicyclic amines) is 1. The molecule has 1 amide bonds. The lowest BCUT2D eigenvalue weighted by Crippen LogP contribution is -2.40. The van der Waals surface area contributed by atoms with Gasteiger partial charge in [-0.25, -0.2) is 13.9 Å². The highest BCUT2D eigenvalue weighted by Crippen LogP contribution is 2.43. The Bertz CT molecular complexity index is 870. The molecule has 10 heteroatoms. The van der Waals surface area contributed by atoms with E-state index in [0.29, 0.717) is 26.2 Å². The van der Waals surface area contributed by atoms with Crippen LogP contribution in [0, 0.1) is 0 Å². The number of carbonyl (C=O) groups excluding carboxylic acids is 1. The monoisotopic (exact) mass is 641 g/mol. The van der Waals surface area contributed by atoms with E-state index in [1.165, 1.54) is 89.9 Å². The van der Waals surface area contributed by atoms with Crippen LogP contribution in [0.25, 0.3) is 0 Å². The summed E-state index contributed by atoms with van der Waals surface area (Å²) in [5.41, 5.74) is 0. The Kier molecular flexibility index (Phi) is 22.5. The average molecular weight is 642 g/mol. The number of nitrogens with zero attached hydrogens (tertiary/aromatic N) is 2. The summed E-state index contributed by atoms with van der Waals surface area (Å²) in [5, 5.41) is 0. The molecule has 9 nitrogen and oxygen atoms in total. The number of carbonyl (C=O) groups is 1. The third-order valence-corrected chi connectivity index (χ3v) is 9.12. The fourth-order valence-electron chi connectivity index (χ4n) is 5.44. The number of unbranched alkanes of at least 4 members (excludes halogenated alkanes) is 15. The average Bonchev–Trinajstić information content (AvgIpc) is 3.03. The lowest BCUT2D eigenvalue weighted by molar-refractivity contribution is -0.697. The van der Waals surface area contributed by atoms with Crippen molar-refractivity contribution in [3.8, 4) is 0 Å². The Labute approximate surface area is 267 Å². The number of phosphoric acid groups is 1. The number of pyridine rings is 1. The van der Waals surface area contributed by atoms with Gasteiger partial charge in [0.05, 0.1) is 13.2 Å². The van der Waals surface area contributed by atoms with Gasteiger partial charge in [0, 0.05) is 31.8 Å². The van der Waals surface area contributed by atoms with Gasteiger partial charge in [-0.05, 0) is 25.7 Å². The van der Waals surface area contributed by atoms with E-state index >= 15 is 0 Å². The molecule has 0 aliphatic carbocycles. The minimum atomic E-state index is -4.31. The summed E-state index contributed by atoms with van der Waals surface area (Å²) in [4.78, 5) is 24.5. The van der Waals surface area contributed by atoms with Gasteiger partial charge in [-0.3, -0.25) is 9.05 Å². The fraction of sp³-hybridized carbons (Fsp3) is 0.824. The molecular weight excluding hydrogens is 579 g/mol. The quantitative estimate of drug-likeness (QED) is 0.0585. The molecule has 2 atom stereocenters. The van der Waals surface area contributed by atoms with Crippen molar-refractivity contribution in [3.05, 3.63) is 30.6 Å². The van der Waals surface area contributed by atoms with Crippen LogP contribution in [-0.2, 0) is 29.6 Å². The Morgan fingerprint density at radius 2 is 1.30 bits per heavy atom. The summed E-state index contributed by atoms with van der Waals surface area (Å²) in [6.45, 7) is 4.39. The molecule has 1 aromatic heterocycles. The molecule has 0 radical (unpaired) electrons. The van der Waals surface area contributed by atoms with E-state index in [2.05, 4.69) is 6.92 Å². The number of piperidine rings is 1. The predicted octanol–water partition coefficient (Wildman–Crippen LogP) is 8.38. The summed E-state index contributed by atoms with van der Waals surface area (Å²) in [6, 6.07) is 5.64. The molecule has 254 valence electrons. The molecule has 0 spiro atoms. The van der Waals surface area contributed by atoms with Crippen LogP contribution >= 0.6 is 7.82 Å². The van der Waals surface area contributed by atoms with Crippen LogP contribution < -0.4 is 4.57 Å². The molecule has 0 bridgehead atoms. The van der Waals surface area contributed by atoms with Gasteiger partial charge in [-0.15, -0.1) is 0 Å². The maximum atomic E-state index is 12.7. The van der Waals surface area contributed by atoms with Crippen molar-refractivity contribution in [3.63, 3.8) is 0 Å². The number of rotatable bonds is 27. The van der Waals surface area contributed by atoms with E-state index in [-0.39, 0.29) is 19.8 Å². The van der Waals surface area contributed by atoms with Crippen LogP contribution in [0.5, 0.6) is 0 Å². The molecule has 0 saturated carbocycles. The first-order valence-corrected chi connectivity index (χ1v) is 19.1. The highest BCUT2D eigenvalue weighted by atomic mass is 31.2. The second-order valence-electron chi connectivity index (χ2n) is 12.1. The van der Waals surface area contributed by atoms with Crippen LogP contribution in [0.4, 0.5) is 4.79 Å². The summed E-state index contributed by atoms with van der Waals surface area (Å²) in [7, 11) is -4.31. The highest BCUT2D eigenvalue weighted by Gasteiger charge is 2.27. The molecule has 1 aliphatic heterocycles. The van der Waals surface area contributed by atoms with Gasteiger partial charge in [0.2, 0.25) is 0 Å². The van der Waals surface area contributed by atoms with E-state index in [4.69, 9.17) is 18.5 Å². The van der Waals surface area contributed by atoms with Crippen molar-refractivity contribution in [1.29, 1.82) is 0 Å². The zero-order valence-electron chi connectivity index (χ0n) is 27.6. The van der Waals surface area contributed by atoms with Gasteiger partial charge in [-0.2, -0.15) is 0 Å². The van der Waals surface area contributed by atoms with Crippen molar-refractivity contribution in [2.24, 2.45) is 0 Å².